The number of ether oxygens (including phenoxy) is 2. The number of likely N-dealkylation sites (N-methyl/N-ethyl adjacent to an activating group) is 1. The Morgan fingerprint density at radius 2 is 2.05 bits per heavy atom. The van der Waals surface area contributed by atoms with E-state index in [0.29, 0.717) is 24.7 Å². The summed E-state index contributed by atoms with van der Waals surface area (Å²) in [5.74, 6) is 1.42. The van der Waals surface area contributed by atoms with Gasteiger partial charge in [0.05, 0.1) is 31.2 Å². The molecule has 0 saturated carbocycles. The van der Waals surface area contributed by atoms with Crippen LogP contribution in [0.1, 0.15) is 20.8 Å². The number of morpholine rings is 1. The summed E-state index contributed by atoms with van der Waals surface area (Å²) in [7, 11) is 2.03. The normalized spacial score (nSPS) is 23.0. The molecule has 6 nitrogen and oxygen atoms in total. The van der Waals surface area contributed by atoms with Crippen molar-refractivity contribution in [3.8, 4) is 5.88 Å². The zero-order chi connectivity index (χ0) is 15.2. The van der Waals surface area contributed by atoms with E-state index in [1.807, 2.05) is 14.0 Å². The fourth-order valence-electron chi connectivity index (χ4n) is 2.61. The molecule has 1 saturated heterocycles. The maximum atomic E-state index is 5.76. The average molecular weight is 294 g/mol. The Morgan fingerprint density at radius 3 is 2.71 bits per heavy atom. The van der Waals surface area contributed by atoms with Crippen LogP contribution in [0.3, 0.4) is 0 Å². The minimum Gasteiger partial charge on any atom is -0.477 e. The van der Waals surface area contributed by atoms with Crippen LogP contribution in [0.4, 0.5) is 5.82 Å². The fourth-order valence-corrected chi connectivity index (χ4v) is 2.61. The molecule has 2 heterocycles. The third kappa shape index (κ3) is 4.82. The summed E-state index contributed by atoms with van der Waals surface area (Å²) in [6.45, 7) is 10.7. The zero-order valence-electron chi connectivity index (χ0n) is 13.5. The monoisotopic (exact) mass is 294 g/mol. The van der Waals surface area contributed by atoms with Crippen LogP contribution < -0.4 is 9.64 Å². The van der Waals surface area contributed by atoms with Crippen LogP contribution in [0, 0.1) is 0 Å². The summed E-state index contributed by atoms with van der Waals surface area (Å²) >= 11 is 0. The van der Waals surface area contributed by atoms with E-state index in [4.69, 9.17) is 9.47 Å². The highest BCUT2D eigenvalue weighted by molar-refractivity contribution is 5.36. The van der Waals surface area contributed by atoms with Crippen LogP contribution >= 0.6 is 0 Å². The minimum atomic E-state index is 0.306. The SMILES string of the molecule is CCOc1cncc(N(C)CCN2C[C@@H](C)O[C@@H](C)C2)n1. The molecule has 0 amide bonds. The summed E-state index contributed by atoms with van der Waals surface area (Å²) < 4.78 is 11.1. The summed E-state index contributed by atoms with van der Waals surface area (Å²) in [4.78, 5) is 13.2. The second-order valence-corrected chi connectivity index (χ2v) is 5.59. The molecule has 0 N–H and O–H groups in total. The Bertz CT molecular complexity index is 433. The maximum absolute atomic E-state index is 5.76. The molecule has 1 aliphatic rings. The summed E-state index contributed by atoms with van der Waals surface area (Å²) in [6, 6.07) is 0. The second kappa shape index (κ2) is 7.56. The highest BCUT2D eigenvalue weighted by Crippen LogP contribution is 2.14. The average Bonchev–Trinajstić information content (AvgIpc) is 2.44. The Balaban J connectivity index is 1.86. The molecule has 0 bridgehead atoms. The Labute approximate surface area is 127 Å². The highest BCUT2D eigenvalue weighted by Gasteiger charge is 2.22. The molecule has 0 unspecified atom stereocenters. The van der Waals surface area contributed by atoms with Gasteiger partial charge in [-0.15, -0.1) is 0 Å². The van der Waals surface area contributed by atoms with Gasteiger partial charge in [-0.05, 0) is 20.8 Å². The van der Waals surface area contributed by atoms with E-state index >= 15 is 0 Å². The number of rotatable bonds is 6. The highest BCUT2D eigenvalue weighted by atomic mass is 16.5. The predicted molar refractivity (Wildman–Crippen MR) is 82.9 cm³/mol. The standard InChI is InChI=1S/C15H26N4O2/c1-5-20-15-9-16-8-14(17-15)18(4)6-7-19-10-12(2)21-13(3)11-19/h8-9,12-13H,5-7,10-11H2,1-4H3/t12-,13+. The van der Waals surface area contributed by atoms with Crippen LogP contribution in [0.5, 0.6) is 5.88 Å². The molecule has 1 fully saturated rings. The maximum Gasteiger partial charge on any atom is 0.234 e. The van der Waals surface area contributed by atoms with Crippen LogP contribution in [0.2, 0.25) is 0 Å². The molecule has 0 aliphatic carbocycles. The zero-order valence-corrected chi connectivity index (χ0v) is 13.5. The van der Waals surface area contributed by atoms with Gasteiger partial charge in [0, 0.05) is 33.2 Å². The summed E-state index contributed by atoms with van der Waals surface area (Å²) in [5.41, 5.74) is 0. The van der Waals surface area contributed by atoms with Gasteiger partial charge in [0.25, 0.3) is 0 Å². The van der Waals surface area contributed by atoms with Crippen molar-refractivity contribution in [1.82, 2.24) is 14.9 Å². The molecule has 21 heavy (non-hydrogen) atoms. The first-order chi connectivity index (χ1) is 10.1. The molecule has 1 aromatic heterocycles. The third-order valence-electron chi connectivity index (χ3n) is 3.53. The van der Waals surface area contributed by atoms with Gasteiger partial charge < -0.3 is 14.4 Å². The molecular formula is C15H26N4O2. The van der Waals surface area contributed by atoms with Gasteiger partial charge in [0.15, 0.2) is 5.82 Å². The van der Waals surface area contributed by atoms with Crippen molar-refractivity contribution in [3.05, 3.63) is 12.4 Å². The smallest absolute Gasteiger partial charge is 0.234 e. The minimum absolute atomic E-state index is 0.306. The van der Waals surface area contributed by atoms with E-state index < -0.39 is 0 Å². The predicted octanol–water partition coefficient (Wildman–Crippen LogP) is 1.42. The molecule has 1 aliphatic heterocycles. The van der Waals surface area contributed by atoms with Crippen LogP contribution in [-0.2, 0) is 4.74 Å². The van der Waals surface area contributed by atoms with Crippen LogP contribution in [0.25, 0.3) is 0 Å². The molecule has 0 radical (unpaired) electrons. The number of hydrogen-bond donors (Lipinski definition) is 0. The largest absolute Gasteiger partial charge is 0.477 e. The van der Waals surface area contributed by atoms with E-state index in [9.17, 15) is 0 Å². The molecule has 118 valence electrons. The molecule has 2 rings (SSSR count). The van der Waals surface area contributed by atoms with Gasteiger partial charge in [0.2, 0.25) is 5.88 Å². The molecular weight excluding hydrogens is 268 g/mol. The first-order valence-corrected chi connectivity index (χ1v) is 7.62. The van der Waals surface area contributed by atoms with Crippen molar-refractivity contribution in [3.63, 3.8) is 0 Å². The van der Waals surface area contributed by atoms with Crippen molar-refractivity contribution in [2.45, 2.75) is 33.0 Å². The number of hydrogen-bond acceptors (Lipinski definition) is 6. The molecule has 1 aromatic rings. The lowest BCUT2D eigenvalue weighted by molar-refractivity contribution is -0.0670. The topological polar surface area (TPSA) is 50.7 Å². The first-order valence-electron chi connectivity index (χ1n) is 7.62. The van der Waals surface area contributed by atoms with Gasteiger partial charge in [-0.25, -0.2) is 0 Å². The number of nitrogens with zero attached hydrogens (tertiary/aromatic N) is 4. The van der Waals surface area contributed by atoms with Crippen LogP contribution in [0.15, 0.2) is 12.4 Å². The van der Waals surface area contributed by atoms with E-state index in [0.717, 1.165) is 32.0 Å². The first kappa shape index (κ1) is 16.0. The van der Waals surface area contributed by atoms with Crippen molar-refractivity contribution in [1.29, 1.82) is 0 Å². The lowest BCUT2D eigenvalue weighted by atomic mass is 10.2. The van der Waals surface area contributed by atoms with E-state index in [-0.39, 0.29) is 0 Å². The van der Waals surface area contributed by atoms with Crippen molar-refractivity contribution in [2.75, 3.05) is 44.7 Å². The lowest BCUT2D eigenvalue weighted by Crippen LogP contribution is -2.47. The summed E-state index contributed by atoms with van der Waals surface area (Å²) in [6.07, 6.45) is 4.03. The van der Waals surface area contributed by atoms with Gasteiger partial charge in [-0.3, -0.25) is 9.88 Å². The molecule has 0 spiro atoms. The Hall–Kier alpha value is -1.40. The van der Waals surface area contributed by atoms with Crippen LogP contribution in [-0.4, -0.2) is 66.9 Å². The van der Waals surface area contributed by atoms with E-state index in [2.05, 4.69) is 33.6 Å². The van der Waals surface area contributed by atoms with Gasteiger partial charge in [-0.2, -0.15) is 4.98 Å². The number of aromatic nitrogens is 2. The van der Waals surface area contributed by atoms with Gasteiger partial charge >= 0.3 is 0 Å². The van der Waals surface area contributed by atoms with Gasteiger partial charge in [0.1, 0.15) is 0 Å². The fraction of sp³-hybridized carbons (Fsp3) is 0.733. The molecule has 0 aromatic carbocycles. The number of anilines is 1. The van der Waals surface area contributed by atoms with E-state index in [1.165, 1.54) is 0 Å². The lowest BCUT2D eigenvalue weighted by Gasteiger charge is -2.36. The Kier molecular flexibility index (Phi) is 5.76. The van der Waals surface area contributed by atoms with Crippen molar-refractivity contribution < 1.29 is 9.47 Å². The quantitative estimate of drug-likeness (QED) is 0.791. The van der Waals surface area contributed by atoms with Crippen molar-refractivity contribution in [2.24, 2.45) is 0 Å². The third-order valence-corrected chi connectivity index (χ3v) is 3.53. The summed E-state index contributed by atoms with van der Waals surface area (Å²) in [5, 5.41) is 0. The van der Waals surface area contributed by atoms with Gasteiger partial charge in [-0.1, -0.05) is 0 Å². The Morgan fingerprint density at radius 1 is 1.33 bits per heavy atom. The van der Waals surface area contributed by atoms with Crippen molar-refractivity contribution >= 4 is 5.82 Å². The second-order valence-electron chi connectivity index (χ2n) is 5.59. The molecule has 6 heteroatoms. The van der Waals surface area contributed by atoms with E-state index in [1.54, 1.807) is 12.4 Å². The molecule has 2 atom stereocenters.